The van der Waals surface area contributed by atoms with E-state index in [-0.39, 0.29) is 5.69 Å². The average molecular weight is 579 g/mol. The third kappa shape index (κ3) is 6.24. The molecule has 3 rings (SSSR count). The highest BCUT2D eigenvalue weighted by Crippen LogP contribution is 2.47. The van der Waals surface area contributed by atoms with Gasteiger partial charge < -0.3 is 19.3 Å². The lowest BCUT2D eigenvalue weighted by Crippen LogP contribution is -2.79. The Morgan fingerprint density at radius 1 is 1.12 bits per heavy atom. The van der Waals surface area contributed by atoms with Gasteiger partial charge in [0.05, 0.1) is 23.0 Å². The predicted molar refractivity (Wildman–Crippen MR) is 138 cm³/mol. The minimum absolute atomic E-state index is 0.210. The van der Waals surface area contributed by atoms with Crippen molar-refractivity contribution in [3.05, 3.63) is 39.9 Å². The van der Waals surface area contributed by atoms with Gasteiger partial charge in [-0.05, 0) is 66.2 Å². The number of fused-ring (bicyclic) bond motifs is 1. The first-order valence-electron chi connectivity index (χ1n) is 12.8. The molecule has 2 heterocycles. The molecule has 0 bridgehead atoms. The molecule has 41 heavy (non-hydrogen) atoms. The first-order chi connectivity index (χ1) is 18.8. The van der Waals surface area contributed by atoms with Crippen LogP contribution >= 0.6 is 0 Å². The zero-order chi connectivity index (χ0) is 31.1. The maximum Gasteiger partial charge on any atom is 0.432 e. The van der Waals surface area contributed by atoms with Crippen molar-refractivity contribution in [3.8, 4) is 0 Å². The van der Waals surface area contributed by atoms with Crippen LogP contribution in [0.1, 0.15) is 60.5 Å². The number of aliphatic hydroxyl groups excluding tert-OH is 1. The van der Waals surface area contributed by atoms with Crippen molar-refractivity contribution in [1.82, 2.24) is 15.3 Å². The summed E-state index contributed by atoms with van der Waals surface area (Å²) >= 11 is 0. The van der Waals surface area contributed by atoms with E-state index in [1.165, 1.54) is 52.0 Å². The van der Waals surface area contributed by atoms with Gasteiger partial charge in [0.15, 0.2) is 5.78 Å². The van der Waals surface area contributed by atoms with Gasteiger partial charge in [-0.1, -0.05) is 0 Å². The number of carbonyl (C=O) groups is 5. The SMILES string of the molecule is C[C@@H](O)[C@H]1C(=O)N2[C@@H]1CC(=O)[C@]2(C(=O)OCc1ccc([N+](=O)[O-])cc1)N(NC(=O)OC(C)(C)C)C(=O)OC(C)(C)C. The number of nitrogens with one attached hydrogen (secondary N) is 1. The number of Topliss-reactive ketones (excluding diaryl/α,β-unsaturated/α-hetero) is 1. The highest BCUT2D eigenvalue weighted by molar-refractivity contribution is 6.17. The number of β-lactam (4-membered cyclic amide) rings is 1. The Kier molecular flexibility index (Phi) is 8.35. The van der Waals surface area contributed by atoms with E-state index in [4.69, 9.17) is 14.2 Å². The monoisotopic (exact) mass is 578 g/mol. The number of hydrogen-bond acceptors (Lipinski definition) is 11. The summed E-state index contributed by atoms with van der Waals surface area (Å²) in [5.41, 5.74) is -2.88. The van der Waals surface area contributed by atoms with Crippen LogP contribution in [-0.2, 0) is 35.2 Å². The number of hydrogen-bond donors (Lipinski definition) is 2. The van der Waals surface area contributed by atoms with Gasteiger partial charge >= 0.3 is 18.2 Å². The molecule has 2 aliphatic rings. The number of rotatable bonds is 6. The Morgan fingerprint density at radius 2 is 1.68 bits per heavy atom. The van der Waals surface area contributed by atoms with Crippen molar-refractivity contribution in [1.29, 1.82) is 0 Å². The second-order valence-electron chi connectivity index (χ2n) is 11.8. The lowest BCUT2D eigenvalue weighted by atomic mass is 9.83. The zero-order valence-electron chi connectivity index (χ0n) is 23.8. The number of nitro groups is 1. The smallest absolute Gasteiger partial charge is 0.432 e. The van der Waals surface area contributed by atoms with E-state index < -0.39 is 82.7 Å². The van der Waals surface area contributed by atoms with Crippen LogP contribution in [0.2, 0.25) is 0 Å². The van der Waals surface area contributed by atoms with Crippen molar-refractivity contribution >= 4 is 35.5 Å². The molecule has 1 aromatic carbocycles. The molecule has 2 fully saturated rings. The van der Waals surface area contributed by atoms with Gasteiger partial charge in [0.25, 0.3) is 11.4 Å². The van der Waals surface area contributed by atoms with E-state index in [9.17, 15) is 39.2 Å². The summed E-state index contributed by atoms with van der Waals surface area (Å²) in [6.07, 6.45) is -4.22. The van der Waals surface area contributed by atoms with Gasteiger partial charge in [0.1, 0.15) is 17.8 Å². The normalized spacial score (nSPS) is 22.7. The van der Waals surface area contributed by atoms with Crippen molar-refractivity contribution in [2.45, 2.75) is 90.5 Å². The first kappa shape index (κ1) is 31.3. The Balaban J connectivity index is 2.08. The second kappa shape index (κ2) is 11.0. The summed E-state index contributed by atoms with van der Waals surface area (Å²) in [5.74, 6) is -4.26. The van der Waals surface area contributed by atoms with Crippen LogP contribution < -0.4 is 5.43 Å². The summed E-state index contributed by atoms with van der Waals surface area (Å²) in [6.45, 7) is 9.99. The largest absolute Gasteiger partial charge is 0.457 e. The third-order valence-electron chi connectivity index (χ3n) is 6.22. The topological polar surface area (TPSA) is 195 Å². The van der Waals surface area contributed by atoms with Gasteiger partial charge in [0, 0.05) is 18.6 Å². The fourth-order valence-electron chi connectivity index (χ4n) is 4.64. The standard InChI is InChI=1S/C26H34N4O11/c1-14(31)19-17-12-18(32)26(28(17)20(19)33,21(34)39-13-15-8-10-16(11-9-15)30(37)38)29(23(36)41-25(5,6)7)27-22(35)40-24(2,3)4/h8-11,14,17,19,31H,12-13H2,1-7H3,(H,27,35)/t14-,17-,19-,26-/m1/s1. The van der Waals surface area contributed by atoms with E-state index in [0.717, 1.165) is 4.90 Å². The molecule has 0 saturated carbocycles. The number of non-ortho nitro benzene ring substituents is 1. The van der Waals surface area contributed by atoms with Crippen LogP contribution in [0.25, 0.3) is 0 Å². The minimum atomic E-state index is -2.84. The van der Waals surface area contributed by atoms with Crippen molar-refractivity contribution in [2.75, 3.05) is 0 Å². The highest BCUT2D eigenvalue weighted by atomic mass is 16.6. The number of carbonyl (C=O) groups excluding carboxylic acids is 5. The molecule has 3 amide bonds. The maximum absolute atomic E-state index is 13.9. The Hall–Kier alpha value is -4.27. The molecule has 1 aromatic rings. The van der Waals surface area contributed by atoms with E-state index in [2.05, 4.69) is 5.43 Å². The third-order valence-corrected chi connectivity index (χ3v) is 6.22. The Bertz CT molecular complexity index is 1250. The molecule has 0 aliphatic carbocycles. The summed E-state index contributed by atoms with van der Waals surface area (Å²) in [4.78, 5) is 78.4. The number of ether oxygens (including phenoxy) is 3. The van der Waals surface area contributed by atoms with E-state index in [0.29, 0.717) is 10.6 Å². The number of amides is 3. The van der Waals surface area contributed by atoms with E-state index in [1.54, 1.807) is 20.8 Å². The number of nitrogens with zero attached hydrogens (tertiary/aromatic N) is 3. The molecule has 0 unspecified atom stereocenters. The number of hydrazine groups is 1. The Morgan fingerprint density at radius 3 is 2.17 bits per heavy atom. The van der Waals surface area contributed by atoms with Crippen molar-refractivity contribution < 1.29 is 48.2 Å². The van der Waals surface area contributed by atoms with Gasteiger partial charge in [-0.25, -0.2) is 19.8 Å². The summed E-state index contributed by atoms with van der Waals surface area (Å²) in [5, 5.41) is 21.4. The molecule has 15 nitrogen and oxygen atoms in total. The fourth-order valence-corrected chi connectivity index (χ4v) is 4.64. The number of nitro benzene ring substituents is 1. The molecular formula is C26H34N4O11. The Labute approximate surface area is 235 Å². The van der Waals surface area contributed by atoms with Crippen LogP contribution in [0.3, 0.4) is 0 Å². The molecule has 224 valence electrons. The van der Waals surface area contributed by atoms with Gasteiger partial charge in [-0.3, -0.25) is 24.6 Å². The van der Waals surface area contributed by atoms with Crippen LogP contribution in [0.15, 0.2) is 24.3 Å². The van der Waals surface area contributed by atoms with E-state index >= 15 is 0 Å². The molecule has 0 spiro atoms. The summed E-state index contributed by atoms with van der Waals surface area (Å²) < 4.78 is 16.0. The first-order valence-corrected chi connectivity index (χ1v) is 12.8. The predicted octanol–water partition coefficient (Wildman–Crippen LogP) is 2.19. The fraction of sp³-hybridized carbons (Fsp3) is 0.577. The molecule has 4 atom stereocenters. The van der Waals surface area contributed by atoms with Gasteiger partial charge in [0.2, 0.25) is 5.91 Å². The molecular weight excluding hydrogens is 544 g/mol. The second-order valence-corrected chi connectivity index (χ2v) is 11.8. The molecule has 15 heteroatoms. The number of aliphatic hydroxyl groups is 1. The average Bonchev–Trinajstić information content (AvgIpc) is 3.07. The lowest BCUT2D eigenvalue weighted by Gasteiger charge is -2.51. The van der Waals surface area contributed by atoms with Crippen molar-refractivity contribution in [3.63, 3.8) is 0 Å². The van der Waals surface area contributed by atoms with Crippen molar-refractivity contribution in [2.24, 2.45) is 5.92 Å². The molecule has 2 N–H and O–H groups in total. The van der Waals surface area contributed by atoms with Crippen LogP contribution in [-0.4, -0.2) is 78.8 Å². The summed E-state index contributed by atoms with van der Waals surface area (Å²) in [7, 11) is 0. The minimum Gasteiger partial charge on any atom is -0.457 e. The van der Waals surface area contributed by atoms with Crippen LogP contribution in [0.5, 0.6) is 0 Å². The maximum atomic E-state index is 13.9. The number of benzene rings is 1. The highest BCUT2D eigenvalue weighted by Gasteiger charge is 2.74. The van der Waals surface area contributed by atoms with Crippen LogP contribution in [0.4, 0.5) is 15.3 Å². The number of esters is 1. The molecule has 2 saturated heterocycles. The summed E-state index contributed by atoms with van der Waals surface area (Å²) in [6, 6.07) is 4.01. The number of ketones is 1. The molecule has 0 radical (unpaired) electrons. The zero-order valence-corrected chi connectivity index (χ0v) is 23.8. The molecule has 2 aliphatic heterocycles. The van der Waals surface area contributed by atoms with Gasteiger partial charge in [-0.15, -0.1) is 0 Å². The quantitative estimate of drug-likeness (QED) is 0.125. The van der Waals surface area contributed by atoms with Crippen LogP contribution in [0, 0.1) is 16.0 Å². The lowest BCUT2D eigenvalue weighted by molar-refractivity contribution is -0.384. The van der Waals surface area contributed by atoms with Gasteiger partial charge in [-0.2, -0.15) is 5.01 Å². The van der Waals surface area contributed by atoms with E-state index in [1.807, 2.05) is 0 Å². The molecule has 0 aromatic heterocycles.